The van der Waals surface area contributed by atoms with Gasteiger partial charge in [0.15, 0.2) is 5.96 Å². The first kappa shape index (κ1) is 18.6. The Morgan fingerprint density at radius 1 is 1.17 bits per heavy atom. The molecule has 1 heterocycles. The minimum atomic E-state index is 0.624. The SMILES string of the molecule is CN=C(NCCOc1ccc(C)cc1)NCCC1CCN(C)CC1. The summed E-state index contributed by atoms with van der Waals surface area (Å²) in [5.41, 5.74) is 1.25. The highest BCUT2D eigenvalue weighted by Gasteiger charge is 2.16. The van der Waals surface area contributed by atoms with Crippen LogP contribution in [0.1, 0.15) is 24.8 Å². The van der Waals surface area contributed by atoms with Gasteiger partial charge in [0.05, 0.1) is 6.54 Å². The van der Waals surface area contributed by atoms with Gasteiger partial charge in [0.1, 0.15) is 12.4 Å². The number of aryl methyl sites for hydroxylation is 1. The Hall–Kier alpha value is -1.75. The zero-order chi connectivity index (χ0) is 17.2. The van der Waals surface area contributed by atoms with Crippen LogP contribution in [0.4, 0.5) is 0 Å². The molecular formula is C19H32N4O. The minimum absolute atomic E-state index is 0.624. The maximum Gasteiger partial charge on any atom is 0.191 e. The molecule has 0 unspecified atom stereocenters. The number of benzene rings is 1. The molecule has 24 heavy (non-hydrogen) atoms. The van der Waals surface area contributed by atoms with E-state index in [1.165, 1.54) is 37.9 Å². The van der Waals surface area contributed by atoms with Crippen molar-refractivity contribution >= 4 is 5.96 Å². The summed E-state index contributed by atoms with van der Waals surface area (Å²) in [6.07, 6.45) is 3.84. The summed E-state index contributed by atoms with van der Waals surface area (Å²) in [7, 11) is 4.02. The second-order valence-electron chi connectivity index (χ2n) is 6.62. The standard InChI is InChI=1S/C19H32N4O/c1-16-4-6-18(7-5-16)24-15-12-22-19(20-2)21-11-8-17-9-13-23(3)14-10-17/h4-7,17H,8-15H2,1-3H3,(H2,20,21,22). The Kier molecular flexibility index (Phi) is 7.89. The zero-order valence-corrected chi connectivity index (χ0v) is 15.3. The molecule has 5 heteroatoms. The Morgan fingerprint density at radius 3 is 2.50 bits per heavy atom. The first-order chi connectivity index (χ1) is 11.7. The molecule has 2 N–H and O–H groups in total. The number of piperidine rings is 1. The highest BCUT2D eigenvalue weighted by atomic mass is 16.5. The number of hydrogen-bond donors (Lipinski definition) is 2. The molecule has 134 valence electrons. The fraction of sp³-hybridized carbons (Fsp3) is 0.632. The van der Waals surface area contributed by atoms with Crippen molar-refractivity contribution in [1.82, 2.24) is 15.5 Å². The van der Waals surface area contributed by atoms with E-state index in [-0.39, 0.29) is 0 Å². The predicted molar refractivity (Wildman–Crippen MR) is 101 cm³/mol. The molecule has 0 saturated carbocycles. The first-order valence-electron chi connectivity index (χ1n) is 9.00. The maximum atomic E-state index is 5.72. The van der Waals surface area contributed by atoms with Crippen LogP contribution in [0, 0.1) is 12.8 Å². The van der Waals surface area contributed by atoms with Gasteiger partial charge in [-0.15, -0.1) is 0 Å². The molecule has 0 radical (unpaired) electrons. The van der Waals surface area contributed by atoms with Crippen molar-refractivity contribution < 1.29 is 4.74 Å². The Labute approximate surface area is 146 Å². The number of aliphatic imine (C=N–C) groups is 1. The van der Waals surface area contributed by atoms with Gasteiger partial charge in [-0.3, -0.25) is 4.99 Å². The van der Waals surface area contributed by atoms with Gasteiger partial charge in [0.25, 0.3) is 0 Å². The molecule has 1 saturated heterocycles. The van der Waals surface area contributed by atoms with E-state index in [0.29, 0.717) is 6.61 Å². The largest absolute Gasteiger partial charge is 0.492 e. The van der Waals surface area contributed by atoms with Gasteiger partial charge in [0, 0.05) is 13.6 Å². The molecule has 5 nitrogen and oxygen atoms in total. The van der Waals surface area contributed by atoms with Crippen LogP contribution >= 0.6 is 0 Å². The Morgan fingerprint density at radius 2 is 1.83 bits per heavy atom. The van der Waals surface area contributed by atoms with Crippen LogP contribution in [0.5, 0.6) is 5.75 Å². The zero-order valence-electron chi connectivity index (χ0n) is 15.3. The summed E-state index contributed by atoms with van der Waals surface area (Å²) in [4.78, 5) is 6.68. The van der Waals surface area contributed by atoms with Crippen LogP contribution in [0.25, 0.3) is 0 Å². The quantitative estimate of drug-likeness (QED) is 0.457. The van der Waals surface area contributed by atoms with Crippen LogP contribution < -0.4 is 15.4 Å². The van der Waals surface area contributed by atoms with Crippen molar-refractivity contribution in [1.29, 1.82) is 0 Å². The first-order valence-corrected chi connectivity index (χ1v) is 9.00. The smallest absolute Gasteiger partial charge is 0.191 e. The van der Waals surface area contributed by atoms with Crippen LogP contribution in [-0.2, 0) is 0 Å². The van der Waals surface area contributed by atoms with Gasteiger partial charge in [0.2, 0.25) is 0 Å². The predicted octanol–water partition coefficient (Wildman–Crippen LogP) is 2.27. The summed E-state index contributed by atoms with van der Waals surface area (Å²) in [5, 5.41) is 6.71. The van der Waals surface area contributed by atoms with Gasteiger partial charge < -0.3 is 20.3 Å². The summed E-state index contributed by atoms with van der Waals surface area (Å²) in [6.45, 7) is 6.88. The van der Waals surface area contributed by atoms with Gasteiger partial charge in [-0.2, -0.15) is 0 Å². The molecule has 0 aromatic heterocycles. The van der Waals surface area contributed by atoms with E-state index in [2.05, 4.69) is 46.6 Å². The van der Waals surface area contributed by atoms with Crippen LogP contribution in [0.2, 0.25) is 0 Å². The molecule has 0 spiro atoms. The highest BCUT2D eigenvalue weighted by molar-refractivity contribution is 5.79. The van der Waals surface area contributed by atoms with E-state index in [1.54, 1.807) is 0 Å². The monoisotopic (exact) mass is 332 g/mol. The Balaban J connectivity index is 1.56. The van der Waals surface area contributed by atoms with Crippen LogP contribution in [0.15, 0.2) is 29.3 Å². The lowest BCUT2D eigenvalue weighted by molar-refractivity contribution is 0.213. The molecule has 1 aliphatic rings. The third-order valence-electron chi connectivity index (χ3n) is 4.59. The van der Waals surface area contributed by atoms with Crippen LogP contribution in [-0.4, -0.2) is 57.7 Å². The van der Waals surface area contributed by atoms with Gasteiger partial charge in [-0.05, 0) is 64.4 Å². The normalized spacial score (nSPS) is 16.9. The van der Waals surface area contributed by atoms with E-state index in [4.69, 9.17) is 4.74 Å². The molecule has 1 fully saturated rings. The minimum Gasteiger partial charge on any atom is -0.492 e. The summed E-state index contributed by atoms with van der Waals surface area (Å²) < 4.78 is 5.72. The average molecular weight is 332 g/mol. The molecule has 0 amide bonds. The van der Waals surface area contributed by atoms with E-state index in [9.17, 15) is 0 Å². The molecule has 0 bridgehead atoms. The van der Waals surface area contributed by atoms with E-state index in [1.807, 2.05) is 19.2 Å². The van der Waals surface area contributed by atoms with Crippen molar-refractivity contribution in [2.45, 2.75) is 26.2 Å². The molecule has 0 aliphatic carbocycles. The number of likely N-dealkylation sites (tertiary alicyclic amines) is 1. The second kappa shape index (κ2) is 10.2. The second-order valence-corrected chi connectivity index (χ2v) is 6.62. The molecule has 1 aromatic carbocycles. The number of rotatable bonds is 7. The van der Waals surface area contributed by atoms with Crippen molar-refractivity contribution in [3.63, 3.8) is 0 Å². The summed E-state index contributed by atoms with van der Waals surface area (Å²) in [5.74, 6) is 2.61. The lowest BCUT2D eigenvalue weighted by atomic mass is 9.94. The number of hydrogen-bond acceptors (Lipinski definition) is 3. The van der Waals surface area contributed by atoms with E-state index >= 15 is 0 Å². The molecule has 1 aliphatic heterocycles. The van der Waals surface area contributed by atoms with Gasteiger partial charge in [-0.1, -0.05) is 17.7 Å². The lowest BCUT2D eigenvalue weighted by Crippen LogP contribution is -2.40. The van der Waals surface area contributed by atoms with Crippen molar-refractivity contribution in [2.24, 2.45) is 10.9 Å². The fourth-order valence-electron chi connectivity index (χ4n) is 2.94. The number of nitrogens with zero attached hydrogens (tertiary/aromatic N) is 2. The average Bonchev–Trinajstić information content (AvgIpc) is 2.60. The number of nitrogens with one attached hydrogen (secondary N) is 2. The topological polar surface area (TPSA) is 48.9 Å². The van der Waals surface area contributed by atoms with Gasteiger partial charge >= 0.3 is 0 Å². The molecular weight excluding hydrogens is 300 g/mol. The molecule has 2 rings (SSSR count). The summed E-state index contributed by atoms with van der Waals surface area (Å²) in [6, 6.07) is 8.13. The van der Waals surface area contributed by atoms with Crippen molar-refractivity contribution in [2.75, 3.05) is 46.9 Å². The number of guanidine groups is 1. The Bertz CT molecular complexity index is 493. The third kappa shape index (κ3) is 6.79. The van der Waals surface area contributed by atoms with Crippen molar-refractivity contribution in [3.8, 4) is 5.75 Å². The van der Waals surface area contributed by atoms with E-state index < -0.39 is 0 Å². The lowest BCUT2D eigenvalue weighted by Gasteiger charge is -2.29. The molecule has 0 atom stereocenters. The van der Waals surface area contributed by atoms with Gasteiger partial charge in [-0.25, -0.2) is 0 Å². The third-order valence-corrected chi connectivity index (χ3v) is 4.59. The molecule has 1 aromatic rings. The van der Waals surface area contributed by atoms with Crippen LogP contribution in [0.3, 0.4) is 0 Å². The highest BCUT2D eigenvalue weighted by Crippen LogP contribution is 2.18. The number of ether oxygens (including phenoxy) is 1. The van der Waals surface area contributed by atoms with E-state index in [0.717, 1.165) is 30.7 Å². The summed E-state index contributed by atoms with van der Waals surface area (Å²) >= 11 is 0. The fourth-order valence-corrected chi connectivity index (χ4v) is 2.94. The maximum absolute atomic E-state index is 5.72. The van der Waals surface area contributed by atoms with Crippen molar-refractivity contribution in [3.05, 3.63) is 29.8 Å².